The summed E-state index contributed by atoms with van der Waals surface area (Å²) in [4.78, 5) is 13.0. The molecule has 0 aromatic heterocycles. The van der Waals surface area contributed by atoms with E-state index < -0.39 is 5.97 Å². The van der Waals surface area contributed by atoms with Gasteiger partial charge in [0.25, 0.3) is 0 Å². The van der Waals surface area contributed by atoms with Crippen LogP contribution in [0.5, 0.6) is 0 Å². The molecular weight excluding hydrogens is 281 g/mol. The van der Waals surface area contributed by atoms with Gasteiger partial charge in [0.2, 0.25) is 0 Å². The molecule has 0 aliphatic carbocycles. The van der Waals surface area contributed by atoms with Crippen LogP contribution >= 0.6 is 0 Å². The first kappa shape index (κ1) is 18.5. The molecule has 1 aliphatic rings. The first-order valence-electron chi connectivity index (χ1n) is 6.77. The van der Waals surface area contributed by atoms with Crippen molar-refractivity contribution in [2.24, 2.45) is 5.92 Å². The first-order valence-corrected chi connectivity index (χ1v) is 6.77. The van der Waals surface area contributed by atoms with Gasteiger partial charge >= 0.3 is 29.6 Å². The van der Waals surface area contributed by atoms with Crippen molar-refractivity contribution < 1.29 is 48.9 Å². The Balaban J connectivity index is 0.00000220. The average Bonchev–Trinajstić information content (AvgIpc) is 2.49. The minimum atomic E-state index is -1.14. The van der Waals surface area contributed by atoms with Crippen molar-refractivity contribution in [1.82, 2.24) is 0 Å². The van der Waals surface area contributed by atoms with Crippen LogP contribution in [-0.4, -0.2) is 39.6 Å². The van der Waals surface area contributed by atoms with Crippen LogP contribution in [0.4, 0.5) is 5.69 Å². The normalized spacial score (nSPS) is 15.9. The number of carboxylic acid groups (broad SMARTS) is 1. The first-order chi connectivity index (χ1) is 9.65. The number of rotatable bonds is 5. The minimum Gasteiger partial charge on any atom is -0.545 e. The van der Waals surface area contributed by atoms with Gasteiger partial charge in [0.1, 0.15) is 0 Å². The molecule has 5 nitrogen and oxygen atoms in total. The molecule has 1 aromatic carbocycles. The van der Waals surface area contributed by atoms with Crippen LogP contribution in [0.3, 0.4) is 0 Å². The summed E-state index contributed by atoms with van der Waals surface area (Å²) in [5, 5.41) is 10.7. The van der Waals surface area contributed by atoms with Crippen LogP contribution in [-0.2, 0) is 9.47 Å². The molecule has 0 saturated carbocycles. The number of methoxy groups -OCH3 is 2. The van der Waals surface area contributed by atoms with Crippen molar-refractivity contribution in [3.05, 3.63) is 29.8 Å². The Morgan fingerprint density at radius 3 is 2.14 bits per heavy atom. The second kappa shape index (κ2) is 8.76. The number of nitrogens with zero attached hydrogens (tertiary/aromatic N) is 1. The third kappa shape index (κ3) is 4.69. The Morgan fingerprint density at radius 2 is 1.71 bits per heavy atom. The smallest absolute Gasteiger partial charge is 0.545 e. The van der Waals surface area contributed by atoms with E-state index in [0.29, 0.717) is 5.92 Å². The number of hydrogen-bond acceptors (Lipinski definition) is 5. The van der Waals surface area contributed by atoms with E-state index in [0.717, 1.165) is 31.6 Å². The van der Waals surface area contributed by atoms with Gasteiger partial charge in [-0.2, -0.15) is 0 Å². The van der Waals surface area contributed by atoms with Crippen LogP contribution in [0.15, 0.2) is 24.3 Å². The van der Waals surface area contributed by atoms with Crippen LogP contribution < -0.4 is 39.6 Å². The molecule has 1 heterocycles. The zero-order valence-electron chi connectivity index (χ0n) is 12.9. The van der Waals surface area contributed by atoms with Gasteiger partial charge in [0, 0.05) is 38.9 Å². The predicted molar refractivity (Wildman–Crippen MR) is 73.5 cm³/mol. The Hall–Kier alpha value is -0.590. The molecule has 0 radical (unpaired) electrons. The summed E-state index contributed by atoms with van der Waals surface area (Å²) in [6.07, 6.45) is 1.85. The number of ether oxygens (including phenoxy) is 2. The molecule has 6 heteroatoms. The second-order valence-corrected chi connectivity index (χ2v) is 5.00. The SMILES string of the molecule is COC(OC)C1CCN(c2ccc(C(=O)[O-])cc2)CC1.[Na+]. The van der Waals surface area contributed by atoms with Crippen molar-refractivity contribution in [2.75, 3.05) is 32.2 Å². The number of benzene rings is 1. The Kier molecular flexibility index (Phi) is 7.70. The fraction of sp³-hybridized carbons (Fsp3) is 0.533. The van der Waals surface area contributed by atoms with Crippen molar-refractivity contribution in [1.29, 1.82) is 0 Å². The quantitative estimate of drug-likeness (QED) is 0.460. The van der Waals surface area contributed by atoms with Gasteiger partial charge in [-0.05, 0) is 30.5 Å². The molecule has 1 aliphatic heterocycles. The van der Waals surface area contributed by atoms with Gasteiger partial charge in [-0.3, -0.25) is 0 Å². The summed E-state index contributed by atoms with van der Waals surface area (Å²) in [5.74, 6) is -0.734. The molecule has 0 unspecified atom stereocenters. The van der Waals surface area contributed by atoms with E-state index in [2.05, 4.69) is 4.90 Å². The molecular formula is C15H20NNaO4. The molecule has 1 aromatic rings. The molecule has 1 saturated heterocycles. The van der Waals surface area contributed by atoms with Gasteiger partial charge in [0.05, 0.1) is 5.97 Å². The van der Waals surface area contributed by atoms with E-state index in [1.54, 1.807) is 26.4 Å². The topological polar surface area (TPSA) is 61.8 Å². The van der Waals surface area contributed by atoms with Crippen LogP contribution in [0.2, 0.25) is 0 Å². The van der Waals surface area contributed by atoms with Crippen LogP contribution in [0.1, 0.15) is 23.2 Å². The van der Waals surface area contributed by atoms with Crippen molar-refractivity contribution in [3.8, 4) is 0 Å². The number of aromatic carboxylic acids is 1. The fourth-order valence-corrected chi connectivity index (χ4v) is 2.72. The maximum atomic E-state index is 10.7. The van der Waals surface area contributed by atoms with Crippen LogP contribution in [0.25, 0.3) is 0 Å². The third-order valence-corrected chi connectivity index (χ3v) is 3.86. The third-order valence-electron chi connectivity index (χ3n) is 3.86. The number of hydrogen-bond donors (Lipinski definition) is 0. The van der Waals surface area contributed by atoms with E-state index in [9.17, 15) is 9.90 Å². The van der Waals surface area contributed by atoms with Crippen molar-refractivity contribution in [2.45, 2.75) is 19.1 Å². The second-order valence-electron chi connectivity index (χ2n) is 5.00. The Bertz CT molecular complexity index is 439. The minimum absolute atomic E-state index is 0. The maximum Gasteiger partial charge on any atom is 1.00 e. The largest absolute Gasteiger partial charge is 1.00 e. The number of carbonyl (C=O) groups is 1. The van der Waals surface area contributed by atoms with E-state index in [-0.39, 0.29) is 41.4 Å². The standard InChI is InChI=1S/C15H21NO4.Na/c1-19-15(20-2)12-7-9-16(10-8-12)13-5-3-11(4-6-13)14(17)18;/h3-6,12,15H,7-10H2,1-2H3,(H,17,18);/q;+1/p-1. The van der Waals surface area contributed by atoms with E-state index in [1.165, 1.54) is 0 Å². The molecule has 110 valence electrons. The fourth-order valence-electron chi connectivity index (χ4n) is 2.72. The monoisotopic (exact) mass is 301 g/mol. The Morgan fingerprint density at radius 1 is 1.19 bits per heavy atom. The van der Waals surface area contributed by atoms with Crippen LogP contribution in [0, 0.1) is 5.92 Å². The molecule has 1 fully saturated rings. The van der Waals surface area contributed by atoms with Gasteiger partial charge in [0.15, 0.2) is 6.29 Å². The molecule has 0 bridgehead atoms. The van der Waals surface area contributed by atoms with Crippen molar-refractivity contribution in [3.63, 3.8) is 0 Å². The maximum absolute atomic E-state index is 10.7. The van der Waals surface area contributed by atoms with Gasteiger partial charge in [-0.25, -0.2) is 0 Å². The van der Waals surface area contributed by atoms with Gasteiger partial charge < -0.3 is 24.3 Å². The summed E-state index contributed by atoms with van der Waals surface area (Å²) >= 11 is 0. The zero-order chi connectivity index (χ0) is 14.5. The zero-order valence-corrected chi connectivity index (χ0v) is 14.9. The molecule has 0 amide bonds. The van der Waals surface area contributed by atoms with Gasteiger partial charge in [-0.1, -0.05) is 12.1 Å². The number of carbonyl (C=O) groups excluding carboxylic acids is 1. The van der Waals surface area contributed by atoms with Gasteiger partial charge in [-0.15, -0.1) is 0 Å². The summed E-state index contributed by atoms with van der Waals surface area (Å²) in [6.45, 7) is 1.83. The van der Waals surface area contributed by atoms with E-state index >= 15 is 0 Å². The molecule has 21 heavy (non-hydrogen) atoms. The molecule has 0 atom stereocenters. The van der Waals surface area contributed by atoms with Crippen molar-refractivity contribution >= 4 is 11.7 Å². The number of anilines is 1. The number of piperidine rings is 1. The summed E-state index contributed by atoms with van der Waals surface area (Å²) in [6, 6.07) is 6.83. The van der Waals surface area contributed by atoms with E-state index in [1.807, 2.05) is 12.1 Å². The molecule has 0 N–H and O–H groups in total. The predicted octanol–water partition coefficient (Wildman–Crippen LogP) is -2.11. The number of carboxylic acids is 1. The van der Waals surface area contributed by atoms with E-state index in [4.69, 9.17) is 9.47 Å². The molecule has 2 rings (SSSR count). The summed E-state index contributed by atoms with van der Waals surface area (Å²) in [5.41, 5.74) is 1.25. The summed E-state index contributed by atoms with van der Waals surface area (Å²) in [7, 11) is 3.33. The molecule has 0 spiro atoms. The summed E-state index contributed by atoms with van der Waals surface area (Å²) < 4.78 is 10.6. The Labute approximate surface area is 147 Å². The average molecular weight is 301 g/mol.